The summed E-state index contributed by atoms with van der Waals surface area (Å²) in [6.45, 7) is 6.07. The van der Waals surface area contributed by atoms with Crippen molar-refractivity contribution in [2.75, 3.05) is 13.2 Å². The van der Waals surface area contributed by atoms with Gasteiger partial charge in [-0.1, -0.05) is 0 Å². The Morgan fingerprint density at radius 1 is 1.14 bits per heavy atom. The topological polar surface area (TPSA) is 74.6 Å². The lowest BCUT2D eigenvalue weighted by molar-refractivity contribution is -0.137. The van der Waals surface area contributed by atoms with E-state index in [1.807, 2.05) is 0 Å². The van der Waals surface area contributed by atoms with E-state index in [-0.39, 0.29) is 18.9 Å². The van der Waals surface area contributed by atoms with E-state index in [0.29, 0.717) is 24.1 Å². The van der Waals surface area contributed by atoms with Crippen molar-refractivity contribution in [1.82, 2.24) is 4.57 Å². The van der Waals surface area contributed by atoms with Crippen molar-refractivity contribution < 1.29 is 23.9 Å². The van der Waals surface area contributed by atoms with E-state index in [1.165, 1.54) is 0 Å². The number of aromatic nitrogens is 1. The van der Waals surface area contributed by atoms with E-state index in [0.717, 1.165) is 12.1 Å². The van der Waals surface area contributed by atoms with Gasteiger partial charge in [0.05, 0.1) is 18.8 Å². The molecule has 6 nitrogen and oxygen atoms in total. The van der Waals surface area contributed by atoms with Crippen molar-refractivity contribution in [1.29, 1.82) is 0 Å². The zero-order chi connectivity index (χ0) is 15.6. The van der Waals surface area contributed by atoms with Crippen LogP contribution in [-0.2, 0) is 27.2 Å². The van der Waals surface area contributed by atoms with Crippen molar-refractivity contribution in [3.63, 3.8) is 0 Å². The molecule has 21 heavy (non-hydrogen) atoms. The van der Waals surface area contributed by atoms with Crippen molar-refractivity contribution in [2.45, 2.75) is 40.2 Å². The zero-order valence-electron chi connectivity index (χ0n) is 12.5. The highest BCUT2D eigenvalue weighted by molar-refractivity contribution is 6.40. The van der Waals surface area contributed by atoms with Crippen molar-refractivity contribution in [2.24, 2.45) is 0 Å². The van der Waals surface area contributed by atoms with Gasteiger partial charge in [-0.05, 0) is 39.2 Å². The van der Waals surface area contributed by atoms with Gasteiger partial charge in [0.15, 0.2) is 0 Å². The van der Waals surface area contributed by atoms with E-state index in [2.05, 4.69) is 0 Å². The number of esters is 2. The lowest BCUT2D eigenvalue weighted by Gasteiger charge is -2.06. The third-order valence-corrected chi connectivity index (χ3v) is 3.57. The molecule has 0 saturated carbocycles. The molecular weight excluding hydrogens is 274 g/mol. The molecule has 114 valence electrons. The number of hydrogen-bond acceptors (Lipinski definition) is 5. The summed E-state index contributed by atoms with van der Waals surface area (Å²) < 4.78 is 11.6. The molecule has 0 atom stereocenters. The minimum absolute atomic E-state index is 0.141. The Bertz CT molecular complexity index is 600. The summed E-state index contributed by atoms with van der Waals surface area (Å²) in [4.78, 5) is 36.1. The molecule has 6 heteroatoms. The van der Waals surface area contributed by atoms with Crippen molar-refractivity contribution >= 4 is 17.7 Å². The van der Waals surface area contributed by atoms with Gasteiger partial charge in [0.25, 0.3) is 5.78 Å². The highest BCUT2D eigenvalue weighted by atomic mass is 16.5. The highest BCUT2D eigenvalue weighted by Crippen LogP contribution is 2.30. The van der Waals surface area contributed by atoms with Crippen molar-refractivity contribution in [3.05, 3.63) is 22.5 Å². The van der Waals surface area contributed by atoms with Crippen LogP contribution in [-0.4, -0.2) is 35.5 Å². The van der Waals surface area contributed by atoms with E-state index in [9.17, 15) is 14.4 Å². The summed E-state index contributed by atoms with van der Waals surface area (Å²) in [5, 5.41) is 0. The molecule has 0 unspecified atom stereocenters. The van der Waals surface area contributed by atoms with Gasteiger partial charge >= 0.3 is 11.9 Å². The maximum absolute atomic E-state index is 12.3. The predicted octanol–water partition coefficient (Wildman–Crippen LogP) is 1.67. The fraction of sp³-hybridized carbons (Fsp3) is 0.533. The first kappa shape index (κ1) is 15.3. The molecule has 1 aliphatic rings. The van der Waals surface area contributed by atoms with Gasteiger partial charge in [-0.25, -0.2) is 9.59 Å². The van der Waals surface area contributed by atoms with Gasteiger partial charge in [0.2, 0.25) is 0 Å². The number of carbonyl (C=O) groups excluding carboxylic acids is 3. The van der Waals surface area contributed by atoms with Crippen LogP contribution < -0.4 is 0 Å². The van der Waals surface area contributed by atoms with E-state index in [4.69, 9.17) is 9.47 Å². The number of carbonyl (C=O) groups is 3. The molecule has 2 heterocycles. The molecule has 0 bridgehead atoms. The molecule has 0 spiro atoms. The van der Waals surface area contributed by atoms with Crippen LogP contribution in [0.5, 0.6) is 0 Å². The summed E-state index contributed by atoms with van der Waals surface area (Å²) in [7, 11) is 0. The van der Waals surface area contributed by atoms with Crippen LogP contribution in [0.15, 0.2) is 0 Å². The Labute approximate surface area is 123 Å². The van der Waals surface area contributed by atoms with Crippen LogP contribution in [0.25, 0.3) is 0 Å². The molecule has 0 saturated heterocycles. The quantitative estimate of drug-likeness (QED) is 0.469. The van der Waals surface area contributed by atoms with Gasteiger partial charge in [-0.15, -0.1) is 0 Å². The molecular formula is C15H19NO5. The first-order valence-corrected chi connectivity index (χ1v) is 7.13. The van der Waals surface area contributed by atoms with Crippen LogP contribution in [0.4, 0.5) is 0 Å². The summed E-state index contributed by atoms with van der Waals surface area (Å²) in [6, 6.07) is 0. The Kier molecular flexibility index (Phi) is 4.45. The molecule has 0 amide bonds. The predicted molar refractivity (Wildman–Crippen MR) is 74.4 cm³/mol. The average Bonchev–Trinajstić information content (AvgIpc) is 2.97. The monoisotopic (exact) mass is 293 g/mol. The van der Waals surface area contributed by atoms with E-state index < -0.39 is 17.7 Å². The summed E-state index contributed by atoms with van der Waals surface area (Å²) in [6.07, 6.45) is 1.54. The molecule has 1 aliphatic heterocycles. The van der Waals surface area contributed by atoms with Crippen molar-refractivity contribution in [3.8, 4) is 0 Å². The van der Waals surface area contributed by atoms with Crippen LogP contribution in [0.2, 0.25) is 0 Å². The fourth-order valence-corrected chi connectivity index (χ4v) is 2.78. The fourth-order valence-electron chi connectivity index (χ4n) is 2.78. The zero-order valence-corrected chi connectivity index (χ0v) is 12.5. The Morgan fingerprint density at radius 3 is 2.43 bits per heavy atom. The lowest BCUT2D eigenvalue weighted by atomic mass is 10.1. The Morgan fingerprint density at radius 2 is 1.81 bits per heavy atom. The standard InChI is InChI=1S/C15H19NO5/c1-4-20-14(18)11-9(3)12(13(17)15(19)21-5-2)16-8-6-7-10(11)16/h4-8H2,1-3H3. The molecule has 0 aromatic carbocycles. The summed E-state index contributed by atoms with van der Waals surface area (Å²) in [5.74, 6) is -2.03. The highest BCUT2D eigenvalue weighted by Gasteiger charge is 2.33. The lowest BCUT2D eigenvalue weighted by Crippen LogP contribution is -2.21. The number of ketones is 1. The first-order valence-electron chi connectivity index (χ1n) is 7.13. The number of Topliss-reactive ketones (excluding diaryl/α,β-unsaturated/α-hetero) is 1. The second kappa shape index (κ2) is 6.11. The number of fused-ring (bicyclic) bond motifs is 1. The molecule has 1 aromatic heterocycles. The van der Waals surface area contributed by atoms with Gasteiger partial charge < -0.3 is 14.0 Å². The minimum Gasteiger partial charge on any atom is -0.462 e. The summed E-state index contributed by atoms with van der Waals surface area (Å²) >= 11 is 0. The van der Waals surface area contributed by atoms with E-state index in [1.54, 1.807) is 25.3 Å². The van der Waals surface area contributed by atoms with Gasteiger partial charge in [-0.2, -0.15) is 0 Å². The van der Waals surface area contributed by atoms with Gasteiger partial charge in [-0.3, -0.25) is 4.79 Å². The molecule has 0 fully saturated rings. The maximum Gasteiger partial charge on any atom is 0.381 e. The van der Waals surface area contributed by atoms with Gasteiger partial charge in [0.1, 0.15) is 5.69 Å². The third kappa shape index (κ3) is 2.57. The Hall–Kier alpha value is -2.11. The van der Waals surface area contributed by atoms with Crippen LogP contribution in [0, 0.1) is 6.92 Å². The molecule has 1 aromatic rings. The summed E-state index contributed by atoms with van der Waals surface area (Å²) in [5.41, 5.74) is 1.95. The molecule has 0 N–H and O–H groups in total. The first-order chi connectivity index (χ1) is 10.0. The number of hydrogen-bond donors (Lipinski definition) is 0. The number of ether oxygens (including phenoxy) is 2. The second-order valence-electron chi connectivity index (χ2n) is 4.82. The molecule has 0 aliphatic carbocycles. The normalized spacial score (nSPS) is 12.9. The SMILES string of the molecule is CCOC(=O)C(=O)c1c(C)c(C(=O)OCC)c2n1CCC2. The van der Waals surface area contributed by atoms with E-state index >= 15 is 0 Å². The Balaban J connectivity index is 2.48. The number of rotatable bonds is 5. The maximum atomic E-state index is 12.3. The minimum atomic E-state index is -0.886. The average molecular weight is 293 g/mol. The van der Waals surface area contributed by atoms with Crippen LogP contribution in [0.3, 0.4) is 0 Å². The molecule has 2 rings (SSSR count). The third-order valence-electron chi connectivity index (χ3n) is 3.57. The number of nitrogens with zero attached hydrogens (tertiary/aromatic N) is 1. The molecule has 0 radical (unpaired) electrons. The van der Waals surface area contributed by atoms with Crippen LogP contribution in [0.1, 0.15) is 52.4 Å². The second-order valence-corrected chi connectivity index (χ2v) is 4.82. The smallest absolute Gasteiger partial charge is 0.381 e. The van der Waals surface area contributed by atoms with Crippen LogP contribution >= 0.6 is 0 Å². The van der Waals surface area contributed by atoms with Gasteiger partial charge in [0, 0.05) is 12.2 Å². The largest absolute Gasteiger partial charge is 0.462 e.